The topological polar surface area (TPSA) is 56.3 Å². The van der Waals surface area contributed by atoms with Crippen LogP contribution in [0.3, 0.4) is 0 Å². The summed E-state index contributed by atoms with van der Waals surface area (Å²) in [5.74, 6) is 0.782. The summed E-state index contributed by atoms with van der Waals surface area (Å²) in [6.45, 7) is 12.0. The minimum atomic E-state index is -0.0627. The Bertz CT molecular complexity index is 795. The van der Waals surface area contributed by atoms with E-state index in [0.29, 0.717) is 5.02 Å². The number of urea groups is 2. The van der Waals surface area contributed by atoms with E-state index >= 15 is 0 Å². The standard InChI is InChI=1S/C11H16N2O2.C10H13ClN2O.3C2H6/c1-12(2)11(14)13(3)9-5-7-10(15-4)8-6-9;1-12(2)10(14)13(3)9-6-4-8(11)5-7-9;3*1-2/h5-8H,1-4H3;4-7H,1-3H3;3*1-2H3. The average Bonchev–Trinajstić information content (AvgIpc) is 2.91. The summed E-state index contributed by atoms with van der Waals surface area (Å²) in [4.78, 5) is 29.4. The van der Waals surface area contributed by atoms with Crippen LogP contribution in [0.2, 0.25) is 5.02 Å². The number of carbonyl (C=O) groups excluding carboxylic acids is 2. The minimum absolute atomic E-state index is 0.0554. The van der Waals surface area contributed by atoms with E-state index in [1.54, 1.807) is 71.3 Å². The molecule has 0 aromatic heterocycles. The number of methoxy groups -OCH3 is 1. The van der Waals surface area contributed by atoms with E-state index in [0.717, 1.165) is 17.1 Å². The van der Waals surface area contributed by atoms with Gasteiger partial charge in [-0.1, -0.05) is 53.1 Å². The molecule has 2 rings (SSSR count). The van der Waals surface area contributed by atoms with Gasteiger partial charge in [0.25, 0.3) is 0 Å². The van der Waals surface area contributed by atoms with Crippen LogP contribution in [0.15, 0.2) is 48.5 Å². The molecule has 0 N–H and O–H groups in total. The summed E-state index contributed by atoms with van der Waals surface area (Å²) in [6, 6.07) is 14.4. The fraction of sp³-hybridized carbons (Fsp3) is 0.481. The zero-order valence-electron chi connectivity index (χ0n) is 24.0. The first-order chi connectivity index (χ1) is 16.6. The molecule has 0 bridgehead atoms. The molecule has 0 aliphatic heterocycles. The molecule has 2 aromatic carbocycles. The fourth-order valence-electron chi connectivity index (χ4n) is 2.29. The quantitative estimate of drug-likeness (QED) is 0.433. The molecule has 0 fully saturated rings. The van der Waals surface area contributed by atoms with Crippen molar-refractivity contribution in [2.24, 2.45) is 0 Å². The Morgan fingerprint density at radius 1 is 0.600 bits per heavy atom. The molecule has 0 heterocycles. The number of ether oxygens (including phenoxy) is 1. The molecule has 35 heavy (non-hydrogen) atoms. The number of anilines is 2. The van der Waals surface area contributed by atoms with Crippen molar-refractivity contribution in [3.63, 3.8) is 0 Å². The predicted molar refractivity (Wildman–Crippen MR) is 153 cm³/mol. The van der Waals surface area contributed by atoms with E-state index in [4.69, 9.17) is 16.3 Å². The van der Waals surface area contributed by atoms with Gasteiger partial charge in [0.15, 0.2) is 0 Å². The number of carbonyl (C=O) groups is 2. The smallest absolute Gasteiger partial charge is 0.323 e. The summed E-state index contributed by atoms with van der Waals surface area (Å²) in [6.07, 6.45) is 0. The maximum absolute atomic E-state index is 11.6. The van der Waals surface area contributed by atoms with Gasteiger partial charge in [0.1, 0.15) is 5.75 Å². The van der Waals surface area contributed by atoms with Gasteiger partial charge < -0.3 is 14.5 Å². The van der Waals surface area contributed by atoms with Crippen LogP contribution in [0.4, 0.5) is 21.0 Å². The van der Waals surface area contributed by atoms with Crippen molar-refractivity contribution in [2.45, 2.75) is 41.5 Å². The van der Waals surface area contributed by atoms with Gasteiger partial charge in [-0.15, -0.1) is 0 Å². The largest absolute Gasteiger partial charge is 0.497 e. The molecule has 0 aliphatic rings. The van der Waals surface area contributed by atoms with Gasteiger partial charge in [-0.2, -0.15) is 0 Å². The lowest BCUT2D eigenvalue weighted by Crippen LogP contribution is -2.36. The molecule has 8 heteroatoms. The highest BCUT2D eigenvalue weighted by molar-refractivity contribution is 6.30. The first-order valence-corrected chi connectivity index (χ1v) is 12.3. The molecule has 0 saturated carbocycles. The first kappa shape index (κ1) is 36.6. The molecular formula is C27H47ClN4O3. The molecule has 7 nitrogen and oxygen atoms in total. The van der Waals surface area contributed by atoms with Crippen LogP contribution in [-0.2, 0) is 0 Å². The summed E-state index contributed by atoms with van der Waals surface area (Å²) < 4.78 is 5.04. The molecule has 2 aromatic rings. The number of hydrogen-bond donors (Lipinski definition) is 0. The Balaban J connectivity index is -0.000000482. The second-order valence-corrected chi connectivity index (χ2v) is 7.08. The Morgan fingerprint density at radius 3 is 1.14 bits per heavy atom. The highest BCUT2D eigenvalue weighted by Crippen LogP contribution is 2.19. The molecule has 0 aliphatic carbocycles. The van der Waals surface area contributed by atoms with E-state index in [2.05, 4.69) is 0 Å². The van der Waals surface area contributed by atoms with Gasteiger partial charge in [-0.05, 0) is 48.5 Å². The number of rotatable bonds is 3. The normalized spacial score (nSPS) is 8.51. The lowest BCUT2D eigenvalue weighted by molar-refractivity contribution is 0.224. The number of benzene rings is 2. The van der Waals surface area contributed by atoms with Gasteiger partial charge in [0.05, 0.1) is 7.11 Å². The molecule has 0 radical (unpaired) electrons. The number of hydrogen-bond acceptors (Lipinski definition) is 3. The lowest BCUT2D eigenvalue weighted by Gasteiger charge is -2.21. The van der Waals surface area contributed by atoms with Gasteiger partial charge in [-0.25, -0.2) is 9.59 Å². The van der Waals surface area contributed by atoms with Crippen LogP contribution in [0.5, 0.6) is 5.75 Å². The number of amides is 4. The molecule has 0 unspecified atom stereocenters. The van der Waals surface area contributed by atoms with Gasteiger partial charge >= 0.3 is 12.1 Å². The zero-order valence-corrected chi connectivity index (χ0v) is 24.8. The van der Waals surface area contributed by atoms with Crippen LogP contribution in [-0.4, -0.2) is 71.3 Å². The highest BCUT2D eigenvalue weighted by Gasteiger charge is 2.12. The van der Waals surface area contributed by atoms with Crippen molar-refractivity contribution in [3.8, 4) is 5.75 Å². The van der Waals surface area contributed by atoms with E-state index in [1.165, 1.54) is 9.80 Å². The van der Waals surface area contributed by atoms with E-state index < -0.39 is 0 Å². The van der Waals surface area contributed by atoms with Gasteiger partial charge in [-0.3, -0.25) is 9.80 Å². The third kappa shape index (κ3) is 14.2. The summed E-state index contributed by atoms with van der Waals surface area (Å²) in [7, 11) is 12.0. The van der Waals surface area contributed by atoms with Gasteiger partial charge in [0, 0.05) is 58.7 Å². The number of nitrogens with zero attached hydrogens (tertiary/aromatic N) is 4. The average molecular weight is 511 g/mol. The van der Waals surface area contributed by atoms with Crippen molar-refractivity contribution in [3.05, 3.63) is 53.6 Å². The number of halogens is 1. The highest BCUT2D eigenvalue weighted by atomic mass is 35.5. The van der Waals surface area contributed by atoms with Crippen LogP contribution in [0.1, 0.15) is 41.5 Å². The Labute approximate surface area is 219 Å². The monoisotopic (exact) mass is 510 g/mol. The maximum Gasteiger partial charge on any atom is 0.323 e. The summed E-state index contributed by atoms with van der Waals surface area (Å²) in [5.41, 5.74) is 1.67. The van der Waals surface area contributed by atoms with E-state index in [-0.39, 0.29) is 12.1 Å². The molecule has 200 valence electrons. The second-order valence-electron chi connectivity index (χ2n) is 6.65. The molecule has 4 amide bonds. The van der Waals surface area contributed by atoms with Crippen molar-refractivity contribution in [1.29, 1.82) is 0 Å². The molecule has 0 spiro atoms. The Kier molecular flexibility index (Phi) is 22.6. The molecular weight excluding hydrogens is 464 g/mol. The van der Waals surface area contributed by atoms with Crippen LogP contribution < -0.4 is 14.5 Å². The summed E-state index contributed by atoms with van der Waals surface area (Å²) >= 11 is 5.74. The Morgan fingerprint density at radius 2 is 0.886 bits per heavy atom. The van der Waals surface area contributed by atoms with Gasteiger partial charge in [0.2, 0.25) is 0 Å². The maximum atomic E-state index is 11.6. The second kappa shape index (κ2) is 21.6. The lowest BCUT2D eigenvalue weighted by atomic mass is 10.3. The first-order valence-electron chi connectivity index (χ1n) is 11.9. The zero-order chi connectivity index (χ0) is 28.1. The van der Waals surface area contributed by atoms with E-state index in [9.17, 15) is 9.59 Å². The van der Waals surface area contributed by atoms with Crippen molar-refractivity contribution >= 4 is 35.0 Å². The van der Waals surface area contributed by atoms with Crippen LogP contribution >= 0.6 is 11.6 Å². The van der Waals surface area contributed by atoms with E-state index in [1.807, 2.05) is 77.9 Å². The van der Waals surface area contributed by atoms with Crippen molar-refractivity contribution < 1.29 is 14.3 Å². The van der Waals surface area contributed by atoms with Crippen LogP contribution in [0.25, 0.3) is 0 Å². The third-order valence-electron chi connectivity index (χ3n) is 4.01. The SMILES string of the molecule is CC.CC.CC.CN(C)C(=O)N(C)c1ccc(Cl)cc1.COc1ccc(N(C)C(=O)N(C)C)cc1. The molecule has 0 saturated heterocycles. The Hall–Kier alpha value is -2.93. The third-order valence-corrected chi connectivity index (χ3v) is 4.26. The minimum Gasteiger partial charge on any atom is -0.497 e. The van der Waals surface area contributed by atoms with Crippen LogP contribution in [0, 0.1) is 0 Å². The summed E-state index contributed by atoms with van der Waals surface area (Å²) in [5, 5.41) is 0.666. The predicted octanol–water partition coefficient (Wildman–Crippen LogP) is 7.35. The molecule has 0 atom stereocenters. The fourth-order valence-corrected chi connectivity index (χ4v) is 2.42. The van der Waals surface area contributed by atoms with Crippen molar-refractivity contribution in [2.75, 3.05) is 59.2 Å². The van der Waals surface area contributed by atoms with Crippen molar-refractivity contribution in [1.82, 2.24) is 9.80 Å².